The monoisotopic (exact) mass is 938 g/mol. The molecule has 6 aliphatic rings. The Balaban J connectivity index is 0.000000398. The van der Waals surface area contributed by atoms with Crippen molar-refractivity contribution in [2.45, 2.75) is 192 Å². The highest BCUT2D eigenvalue weighted by Gasteiger charge is 2.22. The number of piperazine rings is 1. The second-order valence-corrected chi connectivity index (χ2v) is 23.5. The lowest BCUT2D eigenvalue weighted by Gasteiger charge is -2.33. The maximum atomic E-state index is 5.82. The Kier molecular flexibility index (Phi) is 36.9. The highest BCUT2D eigenvalue weighted by Crippen LogP contribution is 2.18. The van der Waals surface area contributed by atoms with Crippen LogP contribution in [0.3, 0.4) is 0 Å². The van der Waals surface area contributed by atoms with Gasteiger partial charge in [-0.2, -0.15) is 0 Å². The summed E-state index contributed by atoms with van der Waals surface area (Å²) in [5.74, 6) is 4.14. The van der Waals surface area contributed by atoms with E-state index in [9.17, 15) is 0 Å². The van der Waals surface area contributed by atoms with Crippen molar-refractivity contribution in [1.82, 2.24) is 34.3 Å². The topological polar surface area (TPSA) is 50.4 Å². The van der Waals surface area contributed by atoms with Crippen molar-refractivity contribution in [3.8, 4) is 0 Å². The fraction of sp³-hybridized carbons (Fsp3) is 1.00. The quantitative estimate of drug-likeness (QED) is 0.179. The third-order valence-corrected chi connectivity index (χ3v) is 13.7. The minimum absolute atomic E-state index is 0.386. The molecule has 1 unspecified atom stereocenters. The summed E-state index contributed by atoms with van der Waals surface area (Å²) in [7, 11) is 4.02. The van der Waals surface area contributed by atoms with Gasteiger partial charge in [0.1, 0.15) is 0 Å². The number of hydrogen-bond donors (Lipinski definition) is 0. The van der Waals surface area contributed by atoms with Gasteiger partial charge in [-0.05, 0) is 162 Å². The summed E-state index contributed by atoms with van der Waals surface area (Å²) in [6.07, 6.45) is 13.4. The lowest BCUT2D eigenvalue weighted by atomic mass is 9.98. The lowest BCUT2D eigenvalue weighted by Crippen LogP contribution is -2.45. The third-order valence-electron chi connectivity index (χ3n) is 13.7. The van der Waals surface area contributed by atoms with Crippen molar-refractivity contribution >= 4 is 0 Å². The van der Waals surface area contributed by atoms with Crippen molar-refractivity contribution in [3.63, 3.8) is 0 Å². The van der Waals surface area contributed by atoms with Gasteiger partial charge in [-0.3, -0.25) is 4.90 Å². The average Bonchev–Trinajstić information content (AvgIpc) is 3.26. The molecule has 10 heteroatoms. The van der Waals surface area contributed by atoms with Gasteiger partial charge >= 0.3 is 0 Å². The number of likely N-dealkylation sites (N-methyl/N-ethyl adjacent to an activating group) is 1. The molecule has 0 aromatic heterocycles. The molecule has 0 aromatic carbocycles. The summed E-state index contributed by atoms with van der Waals surface area (Å²) in [6.45, 7) is 58.2. The summed E-state index contributed by atoms with van der Waals surface area (Å²) < 4.78 is 16.4. The molecule has 0 bridgehead atoms. The van der Waals surface area contributed by atoms with E-state index in [2.05, 4.69) is 145 Å². The van der Waals surface area contributed by atoms with Crippen LogP contribution < -0.4 is 0 Å². The van der Waals surface area contributed by atoms with Crippen molar-refractivity contribution in [2.75, 3.05) is 145 Å². The molecule has 6 fully saturated rings. The molecule has 0 aliphatic carbocycles. The van der Waals surface area contributed by atoms with Gasteiger partial charge in [0.25, 0.3) is 0 Å². The van der Waals surface area contributed by atoms with Gasteiger partial charge in [0.15, 0.2) is 0 Å². The first-order chi connectivity index (χ1) is 31.3. The van der Waals surface area contributed by atoms with Crippen LogP contribution in [0, 0.1) is 29.6 Å². The van der Waals surface area contributed by atoms with Gasteiger partial charge in [-0.1, -0.05) is 68.7 Å². The standard InChI is InChI=1S/C12H25NO.C10H21NO.C9H20N2.C9H19N.C8H17NO.C8H17N/c1-10(2)9-13-7-5-12(6-8-13)14-11(3)4;1-9(2)7-11-6-4-5-10(8-11)12-3;1-9(2)8-11-6-4-10(3)5-7-11;1-8(2)10-6-4-9(3)5-7-10;1-8(2)7-9-3-5-10-6-4-9;1-8(2)9-6-4-3-5-7-9/h10-12H,5-9H2,1-4H3;9-10H,4-8H2,1-3H3;9H,4-8H2,1-3H3;8-9H,4-7H2,1-3H3;8H,3-7H2,1-2H3;8H,3-7H2,1-2H3. The van der Waals surface area contributed by atoms with E-state index in [1.807, 2.05) is 7.11 Å². The van der Waals surface area contributed by atoms with E-state index >= 15 is 0 Å². The summed E-state index contributed by atoms with van der Waals surface area (Å²) in [4.78, 5) is 17.6. The summed E-state index contributed by atoms with van der Waals surface area (Å²) >= 11 is 0. The minimum Gasteiger partial charge on any atom is -0.380 e. The Morgan fingerprint density at radius 2 is 0.879 bits per heavy atom. The van der Waals surface area contributed by atoms with E-state index in [-0.39, 0.29) is 0 Å². The number of ether oxygens (including phenoxy) is 3. The predicted octanol–water partition coefficient (Wildman–Crippen LogP) is 10.2. The molecule has 6 saturated heterocycles. The number of hydrogen-bond acceptors (Lipinski definition) is 10. The van der Waals surface area contributed by atoms with Crippen LogP contribution in [0.15, 0.2) is 0 Å². The first kappa shape index (κ1) is 63.6. The second kappa shape index (κ2) is 38.3. The molecule has 0 spiro atoms. The van der Waals surface area contributed by atoms with E-state index in [0.29, 0.717) is 18.3 Å². The number of morpholine rings is 1. The maximum absolute atomic E-state index is 5.82. The number of nitrogens with zero attached hydrogens (tertiary/aromatic N) is 7. The van der Waals surface area contributed by atoms with Gasteiger partial charge in [0, 0.05) is 104 Å². The van der Waals surface area contributed by atoms with Gasteiger partial charge in [-0.15, -0.1) is 0 Å². The normalized spacial score (nSPS) is 23.2. The largest absolute Gasteiger partial charge is 0.380 e. The third kappa shape index (κ3) is 34.0. The first-order valence-electron chi connectivity index (χ1n) is 28.1. The molecule has 10 nitrogen and oxygen atoms in total. The van der Waals surface area contributed by atoms with Crippen LogP contribution in [0.5, 0.6) is 0 Å². The zero-order valence-electron chi connectivity index (χ0n) is 47.6. The number of rotatable bonds is 13. The maximum Gasteiger partial charge on any atom is 0.0698 e. The van der Waals surface area contributed by atoms with Crippen LogP contribution in [0.1, 0.15) is 162 Å². The number of methoxy groups -OCH3 is 1. The highest BCUT2D eigenvalue weighted by molar-refractivity contribution is 4.76. The molecule has 396 valence electrons. The van der Waals surface area contributed by atoms with Crippen LogP contribution in [0.25, 0.3) is 0 Å². The average molecular weight is 939 g/mol. The molecule has 6 rings (SSSR count). The van der Waals surface area contributed by atoms with E-state index in [1.54, 1.807) is 0 Å². The number of likely N-dealkylation sites (tertiary alicyclic amines) is 4. The minimum atomic E-state index is 0.386. The van der Waals surface area contributed by atoms with E-state index in [0.717, 1.165) is 74.5 Å². The molecule has 6 aliphatic heterocycles. The van der Waals surface area contributed by atoms with Crippen molar-refractivity contribution in [2.24, 2.45) is 29.6 Å². The Hall–Kier alpha value is -0.400. The van der Waals surface area contributed by atoms with Gasteiger partial charge in [-0.25, -0.2) is 0 Å². The molecular formula is C56H119N7O3. The van der Waals surface area contributed by atoms with Crippen molar-refractivity contribution < 1.29 is 14.2 Å². The molecule has 0 amide bonds. The Bertz CT molecular complexity index is 1040. The lowest BCUT2D eigenvalue weighted by molar-refractivity contribution is -0.0280. The fourth-order valence-corrected chi connectivity index (χ4v) is 9.84. The zero-order valence-corrected chi connectivity index (χ0v) is 47.6. The van der Waals surface area contributed by atoms with Crippen LogP contribution in [-0.4, -0.2) is 210 Å². The van der Waals surface area contributed by atoms with Crippen LogP contribution in [0.4, 0.5) is 0 Å². The van der Waals surface area contributed by atoms with Gasteiger partial charge in [0.05, 0.1) is 31.5 Å². The second-order valence-electron chi connectivity index (χ2n) is 23.5. The molecule has 0 N–H and O–H groups in total. The fourth-order valence-electron chi connectivity index (χ4n) is 9.84. The van der Waals surface area contributed by atoms with Gasteiger partial charge in [0.2, 0.25) is 0 Å². The van der Waals surface area contributed by atoms with Gasteiger partial charge < -0.3 is 43.6 Å². The molecule has 0 radical (unpaired) electrons. The molecule has 0 saturated carbocycles. The van der Waals surface area contributed by atoms with Crippen molar-refractivity contribution in [3.05, 3.63) is 0 Å². The van der Waals surface area contributed by atoms with Crippen molar-refractivity contribution in [1.29, 1.82) is 0 Å². The van der Waals surface area contributed by atoms with E-state index in [4.69, 9.17) is 14.2 Å². The smallest absolute Gasteiger partial charge is 0.0698 e. The molecule has 0 aromatic rings. The van der Waals surface area contributed by atoms with Crippen LogP contribution >= 0.6 is 0 Å². The Morgan fingerprint density at radius 3 is 1.30 bits per heavy atom. The SMILES string of the molecule is CC(C)CN1CCC(OC(C)C)CC1.CC(C)CN1CCN(C)CC1.CC(C)CN1CCOCC1.CC(C)N1CCCCC1.CC1CCN(C(C)C)CC1.COC1CCCN(CC(C)C)C1. The first-order valence-corrected chi connectivity index (χ1v) is 28.1. The Morgan fingerprint density at radius 1 is 0.439 bits per heavy atom. The summed E-state index contributed by atoms with van der Waals surface area (Å²) in [6, 6.07) is 1.53. The van der Waals surface area contributed by atoms with E-state index in [1.165, 1.54) is 156 Å². The zero-order chi connectivity index (χ0) is 49.4. The molecule has 1 atom stereocenters. The van der Waals surface area contributed by atoms with Crippen LogP contribution in [0.2, 0.25) is 0 Å². The predicted molar refractivity (Wildman–Crippen MR) is 288 cm³/mol. The van der Waals surface area contributed by atoms with Crippen LogP contribution in [-0.2, 0) is 14.2 Å². The summed E-state index contributed by atoms with van der Waals surface area (Å²) in [5.41, 5.74) is 0. The van der Waals surface area contributed by atoms with E-state index < -0.39 is 0 Å². The highest BCUT2D eigenvalue weighted by atomic mass is 16.5. The Labute approximate surface area is 413 Å². The molecule has 6 heterocycles. The summed E-state index contributed by atoms with van der Waals surface area (Å²) in [5, 5.41) is 0. The molecular weight excluding hydrogens is 819 g/mol. The number of piperidine rings is 4. The molecule has 66 heavy (non-hydrogen) atoms.